The smallest absolute Gasteiger partial charge is 0.415 e. The number of fused-ring (bicyclic) bond motifs is 1. The maximum Gasteiger partial charge on any atom is 0.415 e. The Morgan fingerprint density at radius 3 is 2.55 bits per heavy atom. The molecule has 4 heterocycles. The number of halogens is 1. The number of imidazole rings is 1. The van der Waals surface area contributed by atoms with E-state index in [9.17, 15) is 14.4 Å². The third-order valence-electron chi connectivity index (χ3n) is 6.20. The van der Waals surface area contributed by atoms with Crippen molar-refractivity contribution < 1.29 is 23.9 Å². The second-order valence-electron chi connectivity index (χ2n) is 10.4. The highest BCUT2D eigenvalue weighted by molar-refractivity contribution is 6.29. The first kappa shape index (κ1) is 25.7. The Kier molecular flexibility index (Phi) is 6.38. The number of urea groups is 1. The monoisotopic (exact) mass is 541 g/mol. The number of carbonyl (C=O) groups is 3. The molecule has 2 fully saturated rings. The van der Waals surface area contributed by atoms with Gasteiger partial charge < -0.3 is 13.9 Å². The molecule has 0 unspecified atom stereocenters. The fourth-order valence-electron chi connectivity index (χ4n) is 4.10. The van der Waals surface area contributed by atoms with Crippen molar-refractivity contribution in [2.24, 2.45) is 0 Å². The standard InChI is InChI=1S/C25H28ClN7O5/c1-25(2,3)38-24(36)31(5)22-18(9-19(26)28-29-22)37-13-16-11-32-10-15(14-6-7-14)8-17(21(32)27-16)33-12-20(34)30(4)23(33)35/h8-11,14H,6-7,12-13H2,1-5H3. The van der Waals surface area contributed by atoms with Gasteiger partial charge in [-0.1, -0.05) is 11.6 Å². The van der Waals surface area contributed by atoms with Gasteiger partial charge >= 0.3 is 12.1 Å². The molecular weight excluding hydrogens is 514 g/mol. The number of hydrogen-bond donors (Lipinski definition) is 0. The van der Waals surface area contributed by atoms with E-state index in [2.05, 4.69) is 10.2 Å². The van der Waals surface area contributed by atoms with Gasteiger partial charge in [0.2, 0.25) is 11.7 Å². The van der Waals surface area contributed by atoms with Gasteiger partial charge in [0.05, 0.1) is 11.4 Å². The molecule has 1 aliphatic heterocycles. The lowest BCUT2D eigenvalue weighted by Gasteiger charge is -2.24. The molecule has 0 aromatic carbocycles. The maximum absolute atomic E-state index is 12.8. The topological polar surface area (TPSA) is 122 Å². The molecule has 12 nitrogen and oxygen atoms in total. The lowest BCUT2D eigenvalue weighted by molar-refractivity contribution is -0.123. The Labute approximate surface area is 224 Å². The molecule has 0 N–H and O–H groups in total. The zero-order valence-corrected chi connectivity index (χ0v) is 22.5. The highest BCUT2D eigenvalue weighted by Gasteiger charge is 2.36. The summed E-state index contributed by atoms with van der Waals surface area (Å²) in [5.74, 6) is 0.496. The number of rotatable bonds is 6. The number of pyridine rings is 1. The molecule has 3 aromatic heterocycles. The molecule has 13 heteroatoms. The van der Waals surface area contributed by atoms with Crippen LogP contribution in [0.2, 0.25) is 5.15 Å². The highest BCUT2D eigenvalue weighted by atomic mass is 35.5. The summed E-state index contributed by atoms with van der Waals surface area (Å²) < 4.78 is 13.3. The van der Waals surface area contributed by atoms with Gasteiger partial charge in [0, 0.05) is 32.6 Å². The maximum atomic E-state index is 12.8. The average Bonchev–Trinajstić information content (AvgIpc) is 3.57. The van der Waals surface area contributed by atoms with Crippen LogP contribution in [0.3, 0.4) is 0 Å². The zero-order chi connectivity index (χ0) is 27.4. The van der Waals surface area contributed by atoms with Gasteiger partial charge in [0.25, 0.3) is 0 Å². The Morgan fingerprint density at radius 1 is 1.18 bits per heavy atom. The Bertz CT molecular complexity index is 1450. The molecule has 2 aliphatic rings. The van der Waals surface area contributed by atoms with Gasteiger partial charge in [-0.3, -0.25) is 19.5 Å². The van der Waals surface area contributed by atoms with Gasteiger partial charge in [0.15, 0.2) is 16.5 Å². The summed E-state index contributed by atoms with van der Waals surface area (Å²) in [6.45, 7) is 5.27. The van der Waals surface area contributed by atoms with E-state index in [-0.39, 0.29) is 35.8 Å². The second-order valence-corrected chi connectivity index (χ2v) is 10.8. The fourth-order valence-corrected chi connectivity index (χ4v) is 4.24. The summed E-state index contributed by atoms with van der Waals surface area (Å²) in [6, 6.07) is 3.01. The summed E-state index contributed by atoms with van der Waals surface area (Å²) in [5, 5.41) is 7.95. The van der Waals surface area contributed by atoms with Crippen LogP contribution < -0.4 is 14.5 Å². The molecule has 200 valence electrons. The Hall–Kier alpha value is -3.93. The number of carbonyl (C=O) groups excluding carboxylic acids is 3. The molecule has 0 atom stereocenters. The number of anilines is 2. The largest absolute Gasteiger partial charge is 0.483 e. The Morgan fingerprint density at radius 2 is 1.92 bits per heavy atom. The molecule has 4 amide bonds. The lowest BCUT2D eigenvalue weighted by Crippen LogP contribution is -2.35. The van der Waals surface area contributed by atoms with Crippen molar-refractivity contribution in [1.29, 1.82) is 0 Å². The van der Waals surface area contributed by atoms with Crippen molar-refractivity contribution in [3.63, 3.8) is 0 Å². The quantitative estimate of drug-likeness (QED) is 0.429. The molecule has 5 rings (SSSR count). The van der Waals surface area contributed by atoms with Crippen LogP contribution >= 0.6 is 11.6 Å². The average molecular weight is 542 g/mol. The van der Waals surface area contributed by atoms with Crippen molar-refractivity contribution in [2.45, 2.75) is 51.7 Å². The van der Waals surface area contributed by atoms with Crippen LogP contribution in [-0.4, -0.2) is 68.8 Å². The first-order valence-electron chi connectivity index (χ1n) is 12.1. The van der Waals surface area contributed by atoms with Crippen molar-refractivity contribution in [3.05, 3.63) is 40.9 Å². The number of imide groups is 1. The van der Waals surface area contributed by atoms with Crippen LogP contribution in [-0.2, 0) is 16.1 Å². The van der Waals surface area contributed by atoms with Crippen LogP contribution in [0.1, 0.15) is 50.8 Å². The summed E-state index contributed by atoms with van der Waals surface area (Å²) in [7, 11) is 2.97. The predicted octanol–water partition coefficient (Wildman–Crippen LogP) is 4.00. The first-order valence-corrected chi connectivity index (χ1v) is 12.5. The molecule has 38 heavy (non-hydrogen) atoms. The minimum absolute atomic E-state index is 0.0177. The third kappa shape index (κ3) is 5.08. The van der Waals surface area contributed by atoms with E-state index in [4.69, 9.17) is 26.1 Å². The molecule has 0 bridgehead atoms. The fraction of sp³-hybridized carbons (Fsp3) is 0.440. The van der Waals surface area contributed by atoms with Crippen molar-refractivity contribution in [1.82, 2.24) is 24.5 Å². The predicted molar refractivity (Wildman–Crippen MR) is 139 cm³/mol. The number of nitrogens with zero attached hydrogens (tertiary/aromatic N) is 7. The van der Waals surface area contributed by atoms with Crippen LogP contribution in [0.25, 0.3) is 5.65 Å². The SMILES string of the molecule is CN1C(=O)CN(c2cc(C3CC3)cn3cc(COc4cc(Cl)nnc4N(C)C(=O)OC(C)(C)C)nc23)C1=O. The van der Waals surface area contributed by atoms with E-state index < -0.39 is 17.7 Å². The molecule has 1 saturated heterocycles. The molecule has 0 radical (unpaired) electrons. The third-order valence-corrected chi connectivity index (χ3v) is 6.38. The van der Waals surface area contributed by atoms with Crippen molar-refractivity contribution >= 4 is 46.8 Å². The van der Waals surface area contributed by atoms with E-state index in [1.807, 2.05) is 22.9 Å². The number of ether oxygens (including phenoxy) is 2. The lowest BCUT2D eigenvalue weighted by atomic mass is 10.1. The summed E-state index contributed by atoms with van der Waals surface area (Å²) in [5.41, 5.74) is 2.04. The molecule has 3 aromatic rings. The van der Waals surface area contributed by atoms with Crippen LogP contribution in [0.5, 0.6) is 5.75 Å². The number of likely N-dealkylation sites (N-methyl/N-ethyl adjacent to an activating group) is 1. The van der Waals surface area contributed by atoms with Crippen molar-refractivity contribution in [2.75, 3.05) is 30.4 Å². The van der Waals surface area contributed by atoms with E-state index in [0.717, 1.165) is 23.3 Å². The molecule has 0 spiro atoms. The van der Waals surface area contributed by atoms with Gasteiger partial charge in [-0.25, -0.2) is 14.6 Å². The van der Waals surface area contributed by atoms with E-state index in [1.54, 1.807) is 20.8 Å². The molecule has 1 saturated carbocycles. The number of aromatic nitrogens is 4. The summed E-state index contributed by atoms with van der Waals surface area (Å²) in [4.78, 5) is 46.0. The zero-order valence-electron chi connectivity index (χ0n) is 21.8. The van der Waals surface area contributed by atoms with Crippen molar-refractivity contribution in [3.8, 4) is 5.75 Å². The molecule has 1 aliphatic carbocycles. The summed E-state index contributed by atoms with van der Waals surface area (Å²) in [6.07, 6.45) is 5.33. The van der Waals surface area contributed by atoms with Crippen LogP contribution in [0, 0.1) is 0 Å². The van der Waals surface area contributed by atoms with Gasteiger partial charge in [-0.2, -0.15) is 0 Å². The number of amides is 4. The van der Waals surface area contributed by atoms with Gasteiger partial charge in [-0.15, -0.1) is 10.2 Å². The van der Waals surface area contributed by atoms with Crippen LogP contribution in [0.15, 0.2) is 24.5 Å². The normalized spacial score (nSPS) is 15.9. The highest BCUT2D eigenvalue weighted by Crippen LogP contribution is 2.42. The first-order chi connectivity index (χ1) is 17.9. The van der Waals surface area contributed by atoms with Gasteiger partial charge in [0.1, 0.15) is 18.8 Å². The summed E-state index contributed by atoms with van der Waals surface area (Å²) >= 11 is 6.06. The van der Waals surface area contributed by atoms with Gasteiger partial charge in [-0.05, 0) is 51.2 Å². The Balaban J connectivity index is 1.44. The van der Waals surface area contributed by atoms with E-state index >= 15 is 0 Å². The van der Waals surface area contributed by atoms with Crippen LogP contribution in [0.4, 0.5) is 21.1 Å². The minimum Gasteiger partial charge on any atom is -0.483 e. The van der Waals surface area contributed by atoms with E-state index in [1.165, 1.54) is 30.0 Å². The van der Waals surface area contributed by atoms with E-state index in [0.29, 0.717) is 22.9 Å². The second kappa shape index (κ2) is 9.43. The minimum atomic E-state index is -0.698. The molecular formula is C25H28ClN7O5. The number of hydrogen-bond acceptors (Lipinski definition) is 8.